The van der Waals surface area contributed by atoms with E-state index in [0.29, 0.717) is 33.7 Å². The molecule has 1 saturated heterocycles. The maximum absolute atomic E-state index is 13.5. The van der Waals surface area contributed by atoms with Crippen molar-refractivity contribution in [3.05, 3.63) is 99.0 Å². The van der Waals surface area contributed by atoms with Gasteiger partial charge >= 0.3 is 0 Å². The van der Waals surface area contributed by atoms with Crippen molar-refractivity contribution in [3.8, 4) is 0 Å². The van der Waals surface area contributed by atoms with Crippen molar-refractivity contribution in [2.45, 2.75) is 18.0 Å². The lowest BCUT2D eigenvalue weighted by molar-refractivity contribution is -0.133. The smallest absolute Gasteiger partial charge is 0.243 e. The molecule has 36 heavy (non-hydrogen) atoms. The molecule has 0 saturated carbocycles. The van der Waals surface area contributed by atoms with Gasteiger partial charge in [-0.15, -0.1) is 0 Å². The molecule has 3 aromatic carbocycles. The predicted molar refractivity (Wildman–Crippen MR) is 144 cm³/mol. The Hall–Kier alpha value is -2.13. The number of benzene rings is 3. The van der Waals surface area contributed by atoms with E-state index in [1.165, 1.54) is 34.1 Å². The van der Waals surface area contributed by atoms with Crippen molar-refractivity contribution < 1.29 is 13.2 Å². The zero-order valence-electron chi connectivity index (χ0n) is 19.5. The first-order valence-electron chi connectivity index (χ1n) is 11.5. The first kappa shape index (κ1) is 26.9. The number of rotatable bonds is 8. The molecule has 0 radical (unpaired) electrons. The topological polar surface area (TPSA) is 60.9 Å². The Labute approximate surface area is 227 Å². The van der Waals surface area contributed by atoms with E-state index in [9.17, 15) is 13.2 Å². The minimum atomic E-state index is -3.98. The summed E-state index contributed by atoms with van der Waals surface area (Å²) in [6, 6.07) is 21.0. The number of halogens is 3. The maximum Gasteiger partial charge on any atom is 0.243 e. The highest BCUT2D eigenvalue weighted by Gasteiger charge is 2.30. The normalized spacial score (nSPS) is 14.8. The van der Waals surface area contributed by atoms with E-state index in [1.807, 2.05) is 18.2 Å². The predicted octanol–water partition coefficient (Wildman–Crippen LogP) is 5.18. The van der Waals surface area contributed by atoms with Crippen LogP contribution in [-0.4, -0.2) is 61.2 Å². The van der Waals surface area contributed by atoms with Gasteiger partial charge in [0.05, 0.1) is 21.5 Å². The van der Waals surface area contributed by atoms with Gasteiger partial charge in [-0.05, 0) is 47.5 Å². The number of hydrogen-bond acceptors (Lipinski definition) is 4. The Morgan fingerprint density at radius 3 is 2.11 bits per heavy atom. The second-order valence-electron chi connectivity index (χ2n) is 8.62. The molecular formula is C26H26Cl3N3O3S. The van der Waals surface area contributed by atoms with Crippen LogP contribution in [0.3, 0.4) is 0 Å². The van der Waals surface area contributed by atoms with E-state index in [4.69, 9.17) is 34.8 Å². The van der Waals surface area contributed by atoms with Gasteiger partial charge in [0, 0.05) is 44.3 Å². The Morgan fingerprint density at radius 1 is 0.806 bits per heavy atom. The van der Waals surface area contributed by atoms with Gasteiger partial charge in [-0.2, -0.15) is 4.31 Å². The van der Waals surface area contributed by atoms with Crippen molar-refractivity contribution in [2.75, 3.05) is 32.7 Å². The van der Waals surface area contributed by atoms with Gasteiger partial charge in [0.15, 0.2) is 0 Å². The first-order chi connectivity index (χ1) is 17.2. The van der Waals surface area contributed by atoms with Gasteiger partial charge in [0.2, 0.25) is 15.9 Å². The lowest BCUT2D eigenvalue weighted by Gasteiger charge is -2.35. The summed E-state index contributed by atoms with van der Waals surface area (Å²) in [4.78, 5) is 17.3. The highest BCUT2D eigenvalue weighted by Crippen LogP contribution is 2.26. The van der Waals surface area contributed by atoms with Crippen LogP contribution >= 0.6 is 34.8 Å². The van der Waals surface area contributed by atoms with Crippen LogP contribution in [0.1, 0.15) is 11.1 Å². The van der Waals surface area contributed by atoms with Gasteiger partial charge in [-0.25, -0.2) is 8.42 Å². The van der Waals surface area contributed by atoms with Gasteiger partial charge < -0.3 is 4.90 Å². The molecule has 0 atom stereocenters. The molecule has 4 rings (SSSR count). The average Bonchev–Trinajstić information content (AvgIpc) is 2.87. The van der Waals surface area contributed by atoms with Crippen molar-refractivity contribution in [1.82, 2.24) is 14.1 Å². The zero-order chi connectivity index (χ0) is 25.7. The SMILES string of the molecule is O=C(CN(Cc1ccc(Cl)c(Cl)c1)S(=O)(=O)c1ccc(Cl)cc1)N1CCN(Cc2ccccc2)CC1. The Balaban J connectivity index is 1.48. The molecule has 1 aliphatic rings. The fourth-order valence-corrected chi connectivity index (χ4v) is 5.90. The van der Waals surface area contributed by atoms with E-state index in [2.05, 4.69) is 17.0 Å². The standard InChI is InChI=1S/C26H26Cl3N3O3S/c27-22-7-9-23(10-8-22)36(34,35)32(18-21-6-11-24(28)25(29)16-21)19-26(33)31-14-12-30(13-15-31)17-20-4-2-1-3-5-20/h1-11,16H,12-15,17-19H2. The molecule has 1 heterocycles. The Kier molecular flexibility index (Phi) is 8.93. The van der Waals surface area contributed by atoms with Crippen LogP contribution in [0.15, 0.2) is 77.7 Å². The van der Waals surface area contributed by atoms with Crippen molar-refractivity contribution in [3.63, 3.8) is 0 Å². The summed E-state index contributed by atoms with van der Waals surface area (Å²) < 4.78 is 28.2. The number of hydrogen-bond donors (Lipinski definition) is 0. The van der Waals surface area contributed by atoms with Gasteiger partial charge in [-0.1, -0.05) is 71.2 Å². The van der Waals surface area contributed by atoms with Crippen LogP contribution in [0.4, 0.5) is 0 Å². The van der Waals surface area contributed by atoms with Gasteiger partial charge in [0.25, 0.3) is 0 Å². The van der Waals surface area contributed by atoms with Crippen LogP contribution in [-0.2, 0) is 27.9 Å². The quantitative estimate of drug-likeness (QED) is 0.377. The molecule has 0 spiro atoms. The van der Waals surface area contributed by atoms with Crippen molar-refractivity contribution >= 4 is 50.7 Å². The molecule has 6 nitrogen and oxygen atoms in total. The number of carbonyl (C=O) groups excluding carboxylic acids is 1. The summed E-state index contributed by atoms with van der Waals surface area (Å²) in [6.07, 6.45) is 0. The summed E-state index contributed by atoms with van der Waals surface area (Å²) in [5.74, 6) is -0.244. The third kappa shape index (κ3) is 6.79. The highest BCUT2D eigenvalue weighted by molar-refractivity contribution is 7.89. The number of carbonyl (C=O) groups is 1. The molecule has 190 valence electrons. The lowest BCUT2D eigenvalue weighted by Crippen LogP contribution is -2.51. The highest BCUT2D eigenvalue weighted by atomic mass is 35.5. The minimum Gasteiger partial charge on any atom is -0.339 e. The molecular weight excluding hydrogens is 541 g/mol. The first-order valence-corrected chi connectivity index (χ1v) is 14.0. The minimum absolute atomic E-state index is 0.0262. The zero-order valence-corrected chi connectivity index (χ0v) is 22.6. The fraction of sp³-hybridized carbons (Fsp3) is 0.269. The summed E-state index contributed by atoms with van der Waals surface area (Å²) in [7, 11) is -3.98. The monoisotopic (exact) mass is 565 g/mol. The van der Waals surface area contributed by atoms with E-state index < -0.39 is 10.0 Å². The second kappa shape index (κ2) is 11.9. The van der Waals surface area contributed by atoms with E-state index in [1.54, 1.807) is 23.1 Å². The van der Waals surface area contributed by atoms with Crippen LogP contribution in [0.25, 0.3) is 0 Å². The molecule has 1 amide bonds. The molecule has 10 heteroatoms. The molecule has 0 unspecified atom stereocenters. The van der Waals surface area contributed by atoms with Gasteiger partial charge in [-0.3, -0.25) is 9.69 Å². The fourth-order valence-electron chi connectivity index (χ4n) is 4.07. The molecule has 0 bridgehead atoms. The Morgan fingerprint density at radius 2 is 1.47 bits per heavy atom. The Bertz CT molecular complexity index is 1300. The summed E-state index contributed by atoms with van der Waals surface area (Å²) in [5.41, 5.74) is 1.85. The molecule has 0 aromatic heterocycles. The van der Waals surface area contributed by atoms with Crippen molar-refractivity contribution in [1.29, 1.82) is 0 Å². The van der Waals surface area contributed by atoms with E-state index in [-0.39, 0.29) is 23.9 Å². The average molecular weight is 567 g/mol. The van der Waals surface area contributed by atoms with Crippen molar-refractivity contribution in [2.24, 2.45) is 0 Å². The van der Waals surface area contributed by atoms with Gasteiger partial charge in [0.1, 0.15) is 0 Å². The van der Waals surface area contributed by atoms with Crippen LogP contribution in [0.2, 0.25) is 15.1 Å². The lowest BCUT2D eigenvalue weighted by atomic mass is 10.2. The van der Waals surface area contributed by atoms with Crippen LogP contribution in [0.5, 0.6) is 0 Å². The number of piperazine rings is 1. The third-order valence-corrected chi connectivity index (χ3v) is 8.88. The molecule has 1 fully saturated rings. The largest absolute Gasteiger partial charge is 0.339 e. The van der Waals surface area contributed by atoms with E-state index in [0.717, 1.165) is 19.6 Å². The number of amides is 1. The maximum atomic E-state index is 13.5. The second-order valence-corrected chi connectivity index (χ2v) is 11.8. The van der Waals surface area contributed by atoms with E-state index >= 15 is 0 Å². The number of nitrogens with zero attached hydrogens (tertiary/aromatic N) is 3. The number of sulfonamides is 1. The molecule has 3 aromatic rings. The third-order valence-electron chi connectivity index (χ3n) is 6.08. The molecule has 1 aliphatic heterocycles. The summed E-state index contributed by atoms with van der Waals surface area (Å²) in [6.45, 7) is 3.01. The molecule has 0 aliphatic carbocycles. The van der Waals surface area contributed by atoms with Crippen LogP contribution < -0.4 is 0 Å². The molecule has 0 N–H and O–H groups in total. The summed E-state index contributed by atoms with van der Waals surface area (Å²) >= 11 is 18.1. The van der Waals surface area contributed by atoms with Crippen LogP contribution in [0, 0.1) is 0 Å². The summed E-state index contributed by atoms with van der Waals surface area (Å²) in [5, 5.41) is 1.12.